The van der Waals surface area contributed by atoms with Crippen LogP contribution < -0.4 is 5.32 Å². The molecule has 0 radical (unpaired) electrons. The van der Waals surface area contributed by atoms with Crippen LogP contribution in [0, 0.1) is 16.7 Å². The van der Waals surface area contributed by atoms with Gasteiger partial charge in [0.05, 0.1) is 0 Å². The SMILES string of the molecule is CC1(C)CCCCC1C(=O)NCC1(CCl)CC1. The third-order valence-corrected chi connectivity index (χ3v) is 5.27. The van der Waals surface area contributed by atoms with Gasteiger partial charge in [0.15, 0.2) is 0 Å². The monoisotopic (exact) mass is 257 g/mol. The van der Waals surface area contributed by atoms with E-state index < -0.39 is 0 Å². The molecule has 0 saturated heterocycles. The van der Waals surface area contributed by atoms with Crippen LogP contribution in [0.3, 0.4) is 0 Å². The van der Waals surface area contributed by atoms with Gasteiger partial charge >= 0.3 is 0 Å². The summed E-state index contributed by atoms with van der Waals surface area (Å²) in [5, 5.41) is 3.14. The minimum atomic E-state index is 0.167. The zero-order chi connectivity index (χ0) is 12.5. The maximum atomic E-state index is 12.2. The van der Waals surface area contributed by atoms with Crippen molar-refractivity contribution in [2.75, 3.05) is 12.4 Å². The first kappa shape index (κ1) is 13.2. The maximum Gasteiger partial charge on any atom is 0.223 e. The Balaban J connectivity index is 1.86. The highest BCUT2D eigenvalue weighted by Gasteiger charge is 2.43. The van der Waals surface area contributed by atoms with Crippen LogP contribution in [-0.2, 0) is 4.79 Å². The molecule has 0 aromatic carbocycles. The standard InChI is InChI=1S/C14H24ClNO/c1-13(2)6-4-3-5-11(13)12(17)16-10-14(9-15)7-8-14/h11H,3-10H2,1-2H3,(H,16,17). The summed E-state index contributed by atoms with van der Waals surface area (Å²) in [6.07, 6.45) is 7.03. The van der Waals surface area contributed by atoms with E-state index in [0.29, 0.717) is 5.88 Å². The van der Waals surface area contributed by atoms with E-state index in [1.54, 1.807) is 0 Å². The molecule has 0 bridgehead atoms. The maximum absolute atomic E-state index is 12.2. The third kappa shape index (κ3) is 2.96. The van der Waals surface area contributed by atoms with Crippen molar-refractivity contribution in [3.8, 4) is 0 Å². The molecule has 0 heterocycles. The molecule has 2 fully saturated rings. The van der Waals surface area contributed by atoms with Gasteiger partial charge in [-0.05, 0) is 31.1 Å². The van der Waals surface area contributed by atoms with Crippen molar-refractivity contribution in [2.45, 2.75) is 52.4 Å². The number of amides is 1. The van der Waals surface area contributed by atoms with Crippen LogP contribution in [0.4, 0.5) is 0 Å². The van der Waals surface area contributed by atoms with Crippen molar-refractivity contribution < 1.29 is 4.79 Å². The molecule has 0 aromatic rings. The predicted octanol–water partition coefficient (Wildman–Crippen LogP) is 3.34. The molecule has 17 heavy (non-hydrogen) atoms. The van der Waals surface area contributed by atoms with E-state index in [-0.39, 0.29) is 22.7 Å². The number of alkyl halides is 1. The van der Waals surface area contributed by atoms with Crippen LogP contribution in [0.25, 0.3) is 0 Å². The van der Waals surface area contributed by atoms with Gasteiger partial charge in [0.1, 0.15) is 0 Å². The number of carbonyl (C=O) groups excluding carboxylic acids is 1. The molecule has 0 aromatic heterocycles. The normalized spacial score (nSPS) is 29.7. The Hall–Kier alpha value is -0.240. The van der Waals surface area contributed by atoms with Crippen LogP contribution in [0.5, 0.6) is 0 Å². The topological polar surface area (TPSA) is 29.1 Å². The highest BCUT2D eigenvalue weighted by Crippen LogP contribution is 2.46. The lowest BCUT2D eigenvalue weighted by atomic mass is 9.68. The lowest BCUT2D eigenvalue weighted by Crippen LogP contribution is -2.43. The summed E-state index contributed by atoms with van der Waals surface area (Å²) in [4.78, 5) is 12.2. The molecule has 2 saturated carbocycles. The van der Waals surface area contributed by atoms with Crippen molar-refractivity contribution in [1.29, 1.82) is 0 Å². The molecule has 2 aliphatic carbocycles. The molecule has 1 N–H and O–H groups in total. The number of nitrogens with one attached hydrogen (secondary N) is 1. The van der Waals surface area contributed by atoms with Crippen molar-refractivity contribution in [3.63, 3.8) is 0 Å². The van der Waals surface area contributed by atoms with E-state index in [4.69, 9.17) is 11.6 Å². The minimum absolute atomic E-state index is 0.167. The highest BCUT2D eigenvalue weighted by atomic mass is 35.5. The summed E-state index contributed by atoms with van der Waals surface area (Å²) in [7, 11) is 0. The number of hydrogen-bond donors (Lipinski definition) is 1. The Morgan fingerprint density at radius 1 is 1.29 bits per heavy atom. The number of carbonyl (C=O) groups is 1. The van der Waals surface area contributed by atoms with Crippen LogP contribution in [0.2, 0.25) is 0 Å². The fraction of sp³-hybridized carbons (Fsp3) is 0.929. The zero-order valence-corrected chi connectivity index (χ0v) is 11.8. The third-order valence-electron chi connectivity index (χ3n) is 4.70. The molecular weight excluding hydrogens is 234 g/mol. The Labute approximate surface area is 109 Å². The Morgan fingerprint density at radius 3 is 2.53 bits per heavy atom. The highest BCUT2D eigenvalue weighted by molar-refractivity contribution is 6.18. The molecule has 98 valence electrons. The summed E-state index contributed by atoms with van der Waals surface area (Å²) in [6.45, 7) is 5.23. The van der Waals surface area contributed by atoms with E-state index >= 15 is 0 Å². The summed E-state index contributed by atoms with van der Waals surface area (Å²) in [6, 6.07) is 0. The first-order valence-corrected chi connectivity index (χ1v) is 7.36. The second kappa shape index (κ2) is 4.79. The number of hydrogen-bond acceptors (Lipinski definition) is 1. The summed E-state index contributed by atoms with van der Waals surface area (Å²) < 4.78 is 0. The van der Waals surface area contributed by atoms with Gasteiger partial charge in [0.2, 0.25) is 5.91 Å². The van der Waals surface area contributed by atoms with Gasteiger partial charge in [-0.15, -0.1) is 11.6 Å². The van der Waals surface area contributed by atoms with E-state index in [0.717, 1.165) is 13.0 Å². The van der Waals surface area contributed by atoms with Gasteiger partial charge in [0, 0.05) is 23.8 Å². The lowest BCUT2D eigenvalue weighted by molar-refractivity contribution is -0.130. The van der Waals surface area contributed by atoms with Crippen molar-refractivity contribution in [2.24, 2.45) is 16.7 Å². The largest absolute Gasteiger partial charge is 0.355 e. The van der Waals surface area contributed by atoms with Gasteiger partial charge in [0.25, 0.3) is 0 Å². The fourth-order valence-corrected chi connectivity index (χ4v) is 3.27. The van der Waals surface area contributed by atoms with Crippen LogP contribution in [-0.4, -0.2) is 18.3 Å². The van der Waals surface area contributed by atoms with Crippen molar-refractivity contribution in [1.82, 2.24) is 5.32 Å². The Morgan fingerprint density at radius 2 is 2.00 bits per heavy atom. The minimum Gasteiger partial charge on any atom is -0.355 e. The fourth-order valence-electron chi connectivity index (χ4n) is 2.91. The average molecular weight is 258 g/mol. The van der Waals surface area contributed by atoms with Gasteiger partial charge < -0.3 is 5.32 Å². The van der Waals surface area contributed by atoms with Crippen molar-refractivity contribution in [3.05, 3.63) is 0 Å². The lowest BCUT2D eigenvalue weighted by Gasteiger charge is -2.37. The quantitative estimate of drug-likeness (QED) is 0.769. The number of rotatable bonds is 4. The molecule has 1 unspecified atom stereocenters. The van der Waals surface area contributed by atoms with Gasteiger partial charge in [-0.25, -0.2) is 0 Å². The Bertz CT molecular complexity index is 297. The first-order chi connectivity index (χ1) is 7.99. The summed E-state index contributed by atoms with van der Waals surface area (Å²) >= 11 is 5.93. The van der Waals surface area contributed by atoms with Crippen LogP contribution >= 0.6 is 11.6 Å². The second-order valence-corrected chi connectivity index (χ2v) is 6.91. The molecule has 2 nitrogen and oxygen atoms in total. The molecule has 1 atom stereocenters. The van der Waals surface area contributed by atoms with Crippen LogP contribution in [0.1, 0.15) is 52.4 Å². The van der Waals surface area contributed by atoms with E-state index in [9.17, 15) is 4.79 Å². The predicted molar refractivity (Wildman–Crippen MR) is 71.1 cm³/mol. The zero-order valence-electron chi connectivity index (χ0n) is 11.0. The van der Waals surface area contributed by atoms with E-state index in [1.807, 2.05) is 0 Å². The molecule has 2 aliphatic rings. The molecule has 3 heteroatoms. The van der Waals surface area contributed by atoms with Gasteiger partial charge in [-0.2, -0.15) is 0 Å². The summed E-state index contributed by atoms with van der Waals surface area (Å²) in [5.41, 5.74) is 0.399. The molecule has 1 amide bonds. The molecule has 0 aliphatic heterocycles. The number of halogens is 1. The summed E-state index contributed by atoms with van der Waals surface area (Å²) in [5.74, 6) is 1.13. The van der Waals surface area contributed by atoms with Gasteiger partial charge in [-0.1, -0.05) is 26.7 Å². The second-order valence-electron chi connectivity index (χ2n) is 6.64. The molecule has 0 spiro atoms. The van der Waals surface area contributed by atoms with Crippen molar-refractivity contribution >= 4 is 17.5 Å². The molecular formula is C14H24ClNO. The average Bonchev–Trinajstić information content (AvgIpc) is 3.06. The van der Waals surface area contributed by atoms with E-state index in [2.05, 4.69) is 19.2 Å². The van der Waals surface area contributed by atoms with E-state index in [1.165, 1.54) is 32.1 Å². The van der Waals surface area contributed by atoms with Crippen LogP contribution in [0.15, 0.2) is 0 Å². The smallest absolute Gasteiger partial charge is 0.223 e. The Kier molecular flexibility index (Phi) is 3.72. The van der Waals surface area contributed by atoms with Gasteiger partial charge in [-0.3, -0.25) is 4.79 Å². The molecule has 2 rings (SSSR count). The first-order valence-electron chi connectivity index (χ1n) is 6.83.